The van der Waals surface area contributed by atoms with E-state index in [9.17, 15) is 18.0 Å². The summed E-state index contributed by atoms with van der Waals surface area (Å²) in [5, 5.41) is 17.9. The van der Waals surface area contributed by atoms with Crippen molar-refractivity contribution in [2.24, 2.45) is 0 Å². The standard InChI is InChI=1S/C19H14N2O6S/c22-17(23)7-3-13-1-5-16(6-2-13)28(26,27)21-10-9-15-11-14(4-8-18(24)25)12-20-19(15)21/h1-12H,(H,22,23)(H,24,25)/b7-3+,8-4+. The summed E-state index contributed by atoms with van der Waals surface area (Å²) in [4.78, 5) is 25.3. The van der Waals surface area contributed by atoms with Crippen molar-refractivity contribution in [1.82, 2.24) is 8.96 Å². The van der Waals surface area contributed by atoms with Crippen molar-refractivity contribution >= 4 is 45.1 Å². The molecule has 0 aliphatic carbocycles. The van der Waals surface area contributed by atoms with Crippen LogP contribution in [0.3, 0.4) is 0 Å². The lowest BCUT2D eigenvalue weighted by atomic mass is 10.2. The number of hydrogen-bond donors (Lipinski definition) is 2. The maximum absolute atomic E-state index is 12.9. The number of fused-ring (bicyclic) bond motifs is 1. The van der Waals surface area contributed by atoms with Crippen LogP contribution in [-0.2, 0) is 19.6 Å². The van der Waals surface area contributed by atoms with Crippen LogP contribution in [0.4, 0.5) is 0 Å². The quantitative estimate of drug-likeness (QED) is 0.611. The highest BCUT2D eigenvalue weighted by Crippen LogP contribution is 2.22. The van der Waals surface area contributed by atoms with Crippen LogP contribution in [0.25, 0.3) is 23.2 Å². The molecule has 2 heterocycles. The second-order valence-corrected chi connectivity index (χ2v) is 7.53. The first kappa shape index (κ1) is 19.1. The van der Waals surface area contributed by atoms with Crippen LogP contribution in [0.2, 0.25) is 0 Å². The maximum atomic E-state index is 12.9. The third kappa shape index (κ3) is 3.99. The van der Waals surface area contributed by atoms with Gasteiger partial charge in [-0.25, -0.2) is 27.0 Å². The van der Waals surface area contributed by atoms with Gasteiger partial charge < -0.3 is 10.2 Å². The van der Waals surface area contributed by atoms with Gasteiger partial charge in [-0.3, -0.25) is 0 Å². The van der Waals surface area contributed by atoms with Gasteiger partial charge in [0.15, 0.2) is 5.65 Å². The van der Waals surface area contributed by atoms with E-state index in [2.05, 4.69) is 4.98 Å². The SMILES string of the molecule is O=C(O)/C=C/c1ccc(S(=O)(=O)n2ccc3cc(/C=C/C(=O)O)cnc32)cc1. The Hall–Kier alpha value is -3.72. The smallest absolute Gasteiger partial charge is 0.328 e. The number of carboxylic acid groups (broad SMARTS) is 2. The summed E-state index contributed by atoms with van der Waals surface area (Å²) in [5.74, 6) is -2.19. The topological polar surface area (TPSA) is 127 Å². The van der Waals surface area contributed by atoms with Crippen LogP contribution in [0, 0.1) is 0 Å². The second kappa shape index (κ2) is 7.49. The van der Waals surface area contributed by atoms with Crippen molar-refractivity contribution in [2.75, 3.05) is 0 Å². The molecule has 3 rings (SSSR count). The summed E-state index contributed by atoms with van der Waals surface area (Å²) in [6, 6.07) is 8.97. The molecule has 0 atom stereocenters. The minimum absolute atomic E-state index is 0.0223. The molecule has 0 aliphatic heterocycles. The van der Waals surface area contributed by atoms with Crippen LogP contribution in [-0.4, -0.2) is 39.5 Å². The first-order valence-electron chi connectivity index (χ1n) is 7.92. The number of benzene rings is 1. The number of carbonyl (C=O) groups is 2. The highest BCUT2D eigenvalue weighted by molar-refractivity contribution is 7.90. The molecular formula is C19H14N2O6S. The van der Waals surface area contributed by atoms with Crippen molar-refractivity contribution < 1.29 is 28.2 Å². The maximum Gasteiger partial charge on any atom is 0.328 e. The summed E-state index contributed by atoms with van der Waals surface area (Å²) in [5.41, 5.74) is 1.29. The zero-order valence-corrected chi connectivity index (χ0v) is 15.1. The van der Waals surface area contributed by atoms with E-state index in [-0.39, 0.29) is 10.5 Å². The van der Waals surface area contributed by atoms with E-state index in [1.165, 1.54) is 48.8 Å². The Bertz CT molecular complexity index is 1220. The molecule has 9 heteroatoms. The first-order valence-corrected chi connectivity index (χ1v) is 9.36. The molecule has 8 nitrogen and oxygen atoms in total. The molecule has 0 saturated heterocycles. The number of nitrogens with zero attached hydrogens (tertiary/aromatic N) is 2. The van der Waals surface area contributed by atoms with E-state index in [0.29, 0.717) is 16.5 Å². The molecule has 0 fully saturated rings. The number of carboxylic acids is 2. The predicted octanol–water partition coefficient (Wildman–Crippen LogP) is 2.47. The Kier molecular flexibility index (Phi) is 5.10. The van der Waals surface area contributed by atoms with E-state index < -0.39 is 22.0 Å². The molecule has 0 radical (unpaired) electrons. The predicted molar refractivity (Wildman–Crippen MR) is 102 cm³/mol. The highest BCUT2D eigenvalue weighted by Gasteiger charge is 2.19. The van der Waals surface area contributed by atoms with Gasteiger partial charge in [0.25, 0.3) is 10.0 Å². The molecule has 0 spiro atoms. The molecule has 0 bridgehead atoms. The lowest BCUT2D eigenvalue weighted by Gasteiger charge is -2.07. The van der Waals surface area contributed by atoms with Crippen molar-refractivity contribution in [3.63, 3.8) is 0 Å². The van der Waals surface area contributed by atoms with E-state index in [1.807, 2.05) is 0 Å². The molecule has 2 aromatic heterocycles. The number of pyridine rings is 1. The summed E-state index contributed by atoms with van der Waals surface area (Å²) in [6.45, 7) is 0. The van der Waals surface area contributed by atoms with Crippen LogP contribution in [0.5, 0.6) is 0 Å². The number of aliphatic carboxylic acids is 2. The van der Waals surface area contributed by atoms with E-state index in [1.54, 1.807) is 12.1 Å². The van der Waals surface area contributed by atoms with E-state index in [4.69, 9.17) is 10.2 Å². The number of aromatic nitrogens is 2. The zero-order chi connectivity index (χ0) is 20.3. The second-order valence-electron chi connectivity index (χ2n) is 5.71. The molecule has 1 aromatic carbocycles. The van der Waals surface area contributed by atoms with Gasteiger partial charge >= 0.3 is 11.9 Å². The zero-order valence-electron chi connectivity index (χ0n) is 14.3. The number of hydrogen-bond acceptors (Lipinski definition) is 5. The fourth-order valence-electron chi connectivity index (χ4n) is 2.50. The fraction of sp³-hybridized carbons (Fsp3) is 0. The summed E-state index contributed by atoms with van der Waals surface area (Å²) in [7, 11) is -3.91. The van der Waals surface area contributed by atoms with Crippen LogP contribution >= 0.6 is 0 Å². The van der Waals surface area contributed by atoms with Crippen molar-refractivity contribution in [2.45, 2.75) is 4.90 Å². The van der Waals surface area contributed by atoms with Gasteiger partial charge in [-0.15, -0.1) is 0 Å². The average molecular weight is 398 g/mol. The number of rotatable bonds is 6. The van der Waals surface area contributed by atoms with Crippen molar-refractivity contribution in [1.29, 1.82) is 0 Å². The Morgan fingerprint density at radius 1 is 0.929 bits per heavy atom. The Morgan fingerprint density at radius 2 is 1.54 bits per heavy atom. The average Bonchev–Trinajstić information content (AvgIpc) is 3.09. The Labute approximate surface area is 159 Å². The Balaban J connectivity index is 1.96. The molecule has 28 heavy (non-hydrogen) atoms. The van der Waals surface area contributed by atoms with Gasteiger partial charge in [0.1, 0.15) is 0 Å². The monoisotopic (exact) mass is 398 g/mol. The van der Waals surface area contributed by atoms with Gasteiger partial charge in [-0.1, -0.05) is 12.1 Å². The normalized spacial score (nSPS) is 12.1. The van der Waals surface area contributed by atoms with Gasteiger partial charge in [0.2, 0.25) is 0 Å². The molecule has 142 valence electrons. The third-order valence-corrected chi connectivity index (χ3v) is 5.47. The minimum atomic E-state index is -3.91. The summed E-state index contributed by atoms with van der Waals surface area (Å²) in [6.07, 6.45) is 7.41. The molecule has 2 N–H and O–H groups in total. The third-order valence-electron chi connectivity index (χ3n) is 3.79. The van der Waals surface area contributed by atoms with Gasteiger partial charge in [-0.2, -0.15) is 0 Å². The lowest BCUT2D eigenvalue weighted by molar-refractivity contribution is -0.132. The van der Waals surface area contributed by atoms with Gasteiger partial charge in [0, 0.05) is 29.9 Å². The first-order chi connectivity index (χ1) is 13.3. The van der Waals surface area contributed by atoms with Crippen LogP contribution in [0.1, 0.15) is 11.1 Å². The van der Waals surface area contributed by atoms with Crippen molar-refractivity contribution in [3.8, 4) is 0 Å². The highest BCUT2D eigenvalue weighted by atomic mass is 32.2. The minimum Gasteiger partial charge on any atom is -0.478 e. The van der Waals surface area contributed by atoms with Gasteiger partial charge in [0.05, 0.1) is 4.90 Å². The largest absolute Gasteiger partial charge is 0.478 e. The lowest BCUT2D eigenvalue weighted by Crippen LogP contribution is -2.12. The molecule has 3 aromatic rings. The summed E-state index contributed by atoms with van der Waals surface area (Å²) >= 11 is 0. The van der Waals surface area contributed by atoms with Crippen LogP contribution < -0.4 is 0 Å². The molecule has 0 amide bonds. The van der Waals surface area contributed by atoms with Crippen LogP contribution in [0.15, 0.2) is 65.8 Å². The molecular weight excluding hydrogens is 384 g/mol. The molecule has 0 saturated carbocycles. The van der Waals surface area contributed by atoms with Gasteiger partial charge in [-0.05, 0) is 47.5 Å². The van der Waals surface area contributed by atoms with E-state index in [0.717, 1.165) is 16.1 Å². The van der Waals surface area contributed by atoms with Crippen molar-refractivity contribution in [3.05, 3.63) is 72.1 Å². The molecule has 0 unspecified atom stereocenters. The molecule has 0 aliphatic rings. The fourth-order valence-corrected chi connectivity index (χ4v) is 3.81. The Morgan fingerprint density at radius 3 is 2.14 bits per heavy atom. The van der Waals surface area contributed by atoms with E-state index >= 15 is 0 Å². The summed E-state index contributed by atoms with van der Waals surface area (Å²) < 4.78 is 26.8.